The third-order valence-corrected chi connectivity index (χ3v) is 5.79. The second-order valence-corrected chi connectivity index (χ2v) is 8.70. The summed E-state index contributed by atoms with van der Waals surface area (Å²) in [7, 11) is 0. The minimum atomic E-state index is 0.0319. The van der Waals surface area contributed by atoms with E-state index in [-0.39, 0.29) is 17.3 Å². The summed E-state index contributed by atoms with van der Waals surface area (Å²) < 4.78 is 12.2. The Labute approximate surface area is 204 Å². The lowest BCUT2D eigenvalue weighted by molar-refractivity contribution is 0.258. The molecule has 0 radical (unpaired) electrons. The molecule has 0 fully saturated rings. The van der Waals surface area contributed by atoms with Crippen molar-refractivity contribution >= 4 is 11.8 Å². The van der Waals surface area contributed by atoms with Crippen molar-refractivity contribution in [3.63, 3.8) is 0 Å². The van der Waals surface area contributed by atoms with Gasteiger partial charge in [0.2, 0.25) is 5.95 Å². The molecular formula is C27H41N5O2. The van der Waals surface area contributed by atoms with Gasteiger partial charge in [-0.1, -0.05) is 78.1 Å². The van der Waals surface area contributed by atoms with Crippen molar-refractivity contribution in [2.24, 2.45) is 0 Å². The highest BCUT2D eigenvalue weighted by molar-refractivity contribution is 5.74. The third-order valence-electron chi connectivity index (χ3n) is 5.79. The highest BCUT2D eigenvalue weighted by atomic mass is 16.5. The molecule has 186 valence electrons. The van der Waals surface area contributed by atoms with Crippen LogP contribution in [-0.4, -0.2) is 23.2 Å². The van der Waals surface area contributed by atoms with Gasteiger partial charge in [0.25, 0.3) is 0 Å². The first kappa shape index (κ1) is 27.2. The number of nitriles is 1. The van der Waals surface area contributed by atoms with E-state index in [0.29, 0.717) is 36.0 Å². The van der Waals surface area contributed by atoms with Crippen LogP contribution in [0, 0.1) is 11.3 Å². The summed E-state index contributed by atoms with van der Waals surface area (Å²) in [4.78, 5) is 8.17. The van der Waals surface area contributed by atoms with Crippen molar-refractivity contribution in [3.05, 3.63) is 23.8 Å². The van der Waals surface area contributed by atoms with Crippen LogP contribution >= 0.6 is 0 Å². The Kier molecular flexibility index (Phi) is 12.6. The van der Waals surface area contributed by atoms with Gasteiger partial charge in [-0.25, -0.2) is 4.98 Å². The van der Waals surface area contributed by atoms with E-state index in [4.69, 9.17) is 20.9 Å². The van der Waals surface area contributed by atoms with Gasteiger partial charge in [0.15, 0.2) is 11.5 Å². The number of aromatic nitrogens is 2. The van der Waals surface area contributed by atoms with Crippen molar-refractivity contribution < 1.29 is 9.47 Å². The van der Waals surface area contributed by atoms with Gasteiger partial charge < -0.3 is 20.9 Å². The van der Waals surface area contributed by atoms with E-state index in [2.05, 4.69) is 29.9 Å². The Morgan fingerprint density at radius 3 is 1.91 bits per heavy atom. The quantitative estimate of drug-likeness (QED) is 0.250. The normalized spacial score (nSPS) is 10.7. The number of benzene rings is 1. The molecule has 7 heteroatoms. The number of hydrogen-bond donors (Lipinski definition) is 2. The SMILES string of the molecule is CCCCCCCCOc1ccc(-c2nc(N)nc(N)c2C#N)cc1OCCCCCCCC. The number of unbranched alkanes of at least 4 members (excludes halogenated alkanes) is 10. The molecule has 2 rings (SSSR count). The predicted octanol–water partition coefficient (Wildman–Crippen LogP) is 6.66. The molecule has 1 aromatic heterocycles. The van der Waals surface area contributed by atoms with Crippen molar-refractivity contribution in [2.45, 2.75) is 90.9 Å². The maximum absolute atomic E-state index is 9.55. The highest BCUT2D eigenvalue weighted by Gasteiger charge is 2.16. The molecule has 2 aromatic rings. The number of nitrogens with zero attached hydrogens (tertiary/aromatic N) is 3. The molecule has 7 nitrogen and oxygen atoms in total. The van der Waals surface area contributed by atoms with Gasteiger partial charge in [-0.3, -0.25) is 0 Å². The van der Waals surface area contributed by atoms with Crippen LogP contribution in [0.2, 0.25) is 0 Å². The monoisotopic (exact) mass is 467 g/mol. The minimum Gasteiger partial charge on any atom is -0.490 e. The van der Waals surface area contributed by atoms with Crippen LogP contribution in [0.4, 0.5) is 11.8 Å². The number of ether oxygens (including phenoxy) is 2. The van der Waals surface area contributed by atoms with Gasteiger partial charge in [-0.15, -0.1) is 0 Å². The highest BCUT2D eigenvalue weighted by Crippen LogP contribution is 2.35. The van der Waals surface area contributed by atoms with E-state index < -0.39 is 0 Å². The van der Waals surface area contributed by atoms with E-state index in [1.165, 1.54) is 51.4 Å². The van der Waals surface area contributed by atoms with E-state index in [1.807, 2.05) is 18.2 Å². The average Bonchev–Trinajstić information content (AvgIpc) is 2.83. The second-order valence-electron chi connectivity index (χ2n) is 8.70. The van der Waals surface area contributed by atoms with Crippen LogP contribution in [0.1, 0.15) is 96.5 Å². The molecule has 0 saturated heterocycles. The van der Waals surface area contributed by atoms with Crippen molar-refractivity contribution in [2.75, 3.05) is 24.7 Å². The molecule has 1 aromatic carbocycles. The lowest BCUT2D eigenvalue weighted by Crippen LogP contribution is -2.06. The number of nitrogens with two attached hydrogens (primary N) is 2. The lowest BCUT2D eigenvalue weighted by atomic mass is 10.1. The Balaban J connectivity index is 2.09. The second kappa shape index (κ2) is 15.8. The molecule has 0 amide bonds. The summed E-state index contributed by atoms with van der Waals surface area (Å²) in [6, 6.07) is 7.67. The smallest absolute Gasteiger partial charge is 0.222 e. The van der Waals surface area contributed by atoms with Crippen LogP contribution in [0.25, 0.3) is 11.3 Å². The zero-order valence-corrected chi connectivity index (χ0v) is 20.9. The predicted molar refractivity (Wildman–Crippen MR) is 139 cm³/mol. The molecule has 0 atom stereocenters. The largest absolute Gasteiger partial charge is 0.490 e. The number of rotatable bonds is 17. The molecule has 0 saturated carbocycles. The topological polar surface area (TPSA) is 120 Å². The zero-order chi connectivity index (χ0) is 24.6. The van der Waals surface area contributed by atoms with Gasteiger partial charge >= 0.3 is 0 Å². The minimum absolute atomic E-state index is 0.0319. The Morgan fingerprint density at radius 1 is 0.765 bits per heavy atom. The van der Waals surface area contributed by atoms with Crippen LogP contribution in [-0.2, 0) is 0 Å². The average molecular weight is 468 g/mol. The first-order valence-electron chi connectivity index (χ1n) is 12.8. The molecule has 0 aliphatic rings. The molecule has 0 aliphatic carbocycles. The fourth-order valence-electron chi connectivity index (χ4n) is 3.83. The third kappa shape index (κ3) is 9.09. The molecule has 0 unspecified atom stereocenters. The molecular weight excluding hydrogens is 426 g/mol. The van der Waals surface area contributed by atoms with E-state index in [0.717, 1.165) is 25.7 Å². The van der Waals surface area contributed by atoms with Gasteiger partial charge in [-0.05, 0) is 31.0 Å². The molecule has 4 N–H and O–H groups in total. The Hall–Kier alpha value is -3.01. The van der Waals surface area contributed by atoms with Crippen LogP contribution in [0.15, 0.2) is 18.2 Å². The standard InChI is InChI=1S/C27H41N5O2/c1-3-5-7-9-11-13-17-33-23-16-15-21(25-22(20-28)26(29)32-27(30)31-25)19-24(23)34-18-14-12-10-8-6-4-2/h15-16,19H,3-14,17-18H2,1-2H3,(H4,29,30,31,32). The van der Waals surface area contributed by atoms with E-state index in [1.54, 1.807) is 0 Å². The van der Waals surface area contributed by atoms with E-state index >= 15 is 0 Å². The van der Waals surface area contributed by atoms with Gasteiger partial charge in [0.1, 0.15) is 17.5 Å². The first-order chi connectivity index (χ1) is 16.6. The van der Waals surface area contributed by atoms with Gasteiger partial charge in [0, 0.05) is 5.56 Å². The Morgan fingerprint density at radius 2 is 1.32 bits per heavy atom. The van der Waals surface area contributed by atoms with Crippen molar-refractivity contribution in [1.82, 2.24) is 9.97 Å². The van der Waals surface area contributed by atoms with Crippen LogP contribution < -0.4 is 20.9 Å². The summed E-state index contributed by atoms with van der Waals surface area (Å²) in [5.41, 5.74) is 13.0. The Bertz CT molecular complexity index is 911. The van der Waals surface area contributed by atoms with Crippen molar-refractivity contribution in [3.8, 4) is 28.8 Å². The van der Waals surface area contributed by atoms with Gasteiger partial charge in [-0.2, -0.15) is 10.2 Å². The van der Waals surface area contributed by atoms with Crippen LogP contribution in [0.5, 0.6) is 11.5 Å². The fourth-order valence-corrected chi connectivity index (χ4v) is 3.83. The van der Waals surface area contributed by atoms with Crippen LogP contribution in [0.3, 0.4) is 0 Å². The summed E-state index contributed by atoms with van der Waals surface area (Å²) in [6.45, 7) is 5.71. The fraction of sp³-hybridized carbons (Fsp3) is 0.593. The summed E-state index contributed by atoms with van der Waals surface area (Å²) in [5, 5.41) is 9.55. The van der Waals surface area contributed by atoms with Crippen molar-refractivity contribution in [1.29, 1.82) is 5.26 Å². The first-order valence-corrected chi connectivity index (χ1v) is 12.8. The molecule has 0 spiro atoms. The summed E-state index contributed by atoms with van der Waals surface area (Å²) in [5.74, 6) is 1.46. The lowest BCUT2D eigenvalue weighted by Gasteiger charge is -2.15. The summed E-state index contributed by atoms with van der Waals surface area (Å²) >= 11 is 0. The maximum Gasteiger partial charge on any atom is 0.222 e. The number of nitrogen functional groups attached to an aromatic ring is 2. The molecule has 0 bridgehead atoms. The maximum atomic E-state index is 9.55. The molecule has 0 aliphatic heterocycles. The number of anilines is 2. The zero-order valence-electron chi connectivity index (χ0n) is 20.9. The summed E-state index contributed by atoms with van der Waals surface area (Å²) in [6.07, 6.45) is 14.4. The van der Waals surface area contributed by atoms with Gasteiger partial charge in [0.05, 0.1) is 18.9 Å². The van der Waals surface area contributed by atoms with E-state index in [9.17, 15) is 5.26 Å². The number of hydrogen-bond acceptors (Lipinski definition) is 7. The molecule has 34 heavy (non-hydrogen) atoms. The molecule has 1 heterocycles.